The molecule has 2 N–H and O–H groups in total. The maximum Gasteiger partial charge on any atom is 0.238 e. The van der Waals surface area contributed by atoms with E-state index in [4.69, 9.17) is 16.3 Å². The Kier molecular flexibility index (Phi) is 6.08. The Morgan fingerprint density at radius 2 is 1.93 bits per heavy atom. The van der Waals surface area contributed by atoms with Crippen molar-refractivity contribution in [3.8, 4) is 11.5 Å². The largest absolute Gasteiger partial charge is 0.506 e. The van der Waals surface area contributed by atoms with Gasteiger partial charge < -0.3 is 20.1 Å². The van der Waals surface area contributed by atoms with Crippen LogP contribution >= 0.6 is 11.6 Å². The monoisotopic (exact) mass is 389 g/mol. The number of amides is 1. The van der Waals surface area contributed by atoms with Crippen LogP contribution in [0.25, 0.3) is 0 Å². The third-order valence-corrected chi connectivity index (χ3v) is 5.12. The maximum absolute atomic E-state index is 12.5. The molecular weight excluding hydrogens is 366 g/mol. The minimum absolute atomic E-state index is 0.0916. The zero-order valence-electron chi connectivity index (χ0n) is 15.5. The fourth-order valence-electron chi connectivity index (χ4n) is 3.20. The van der Waals surface area contributed by atoms with Crippen molar-refractivity contribution < 1.29 is 14.6 Å². The van der Waals surface area contributed by atoms with Crippen molar-refractivity contribution in [3.05, 3.63) is 47.0 Å². The third-order valence-electron chi connectivity index (χ3n) is 4.72. The molecule has 0 saturated carbocycles. The van der Waals surface area contributed by atoms with E-state index < -0.39 is 0 Å². The Labute approximate surface area is 164 Å². The number of hydrogen-bond acceptors (Lipinski definition) is 5. The maximum atomic E-state index is 12.5. The molecule has 0 atom stereocenters. The minimum Gasteiger partial charge on any atom is -0.506 e. The second kappa shape index (κ2) is 8.50. The Morgan fingerprint density at radius 1 is 1.22 bits per heavy atom. The lowest BCUT2D eigenvalue weighted by molar-refractivity contribution is -0.117. The summed E-state index contributed by atoms with van der Waals surface area (Å²) in [5, 5.41) is 13.5. The number of piperazine rings is 1. The van der Waals surface area contributed by atoms with Crippen LogP contribution in [0.15, 0.2) is 36.4 Å². The van der Waals surface area contributed by atoms with E-state index in [1.165, 1.54) is 0 Å². The number of ether oxygens (including phenoxy) is 1. The van der Waals surface area contributed by atoms with E-state index in [9.17, 15) is 9.90 Å². The van der Waals surface area contributed by atoms with Gasteiger partial charge in [-0.05, 0) is 30.7 Å². The standard InChI is InChI=1S/C20H24ClN3O3/c1-14-11-16(19(27-2)12-15(14)21)22-20(26)13-23-7-9-24(10-8-23)17-5-3-4-6-18(17)25/h3-6,11-12,25H,7-10,13H2,1-2H3,(H,22,26). The van der Waals surface area contributed by atoms with Crippen LogP contribution in [0.5, 0.6) is 11.5 Å². The van der Waals surface area contributed by atoms with Crippen LogP contribution in [0, 0.1) is 6.92 Å². The number of carbonyl (C=O) groups excluding carboxylic acids is 1. The molecule has 1 aliphatic rings. The Balaban J connectivity index is 1.56. The number of phenolic OH excluding ortho intramolecular Hbond substituents is 1. The van der Waals surface area contributed by atoms with E-state index in [-0.39, 0.29) is 11.7 Å². The molecular formula is C20H24ClN3O3. The van der Waals surface area contributed by atoms with Crippen molar-refractivity contribution >= 4 is 28.9 Å². The fourth-order valence-corrected chi connectivity index (χ4v) is 3.35. The first kappa shape index (κ1) is 19.3. The number of nitrogens with one attached hydrogen (secondary N) is 1. The molecule has 0 unspecified atom stereocenters. The zero-order valence-corrected chi connectivity index (χ0v) is 16.3. The number of aromatic hydroxyl groups is 1. The van der Waals surface area contributed by atoms with Crippen LogP contribution < -0.4 is 15.0 Å². The van der Waals surface area contributed by atoms with Gasteiger partial charge in [0.25, 0.3) is 0 Å². The van der Waals surface area contributed by atoms with E-state index >= 15 is 0 Å². The van der Waals surface area contributed by atoms with Gasteiger partial charge in [0.1, 0.15) is 11.5 Å². The fraction of sp³-hybridized carbons (Fsp3) is 0.350. The first-order valence-corrected chi connectivity index (χ1v) is 9.25. The van der Waals surface area contributed by atoms with Crippen molar-refractivity contribution in [3.63, 3.8) is 0 Å². The molecule has 1 fully saturated rings. The molecule has 0 bridgehead atoms. The van der Waals surface area contributed by atoms with E-state index in [1.807, 2.05) is 31.2 Å². The molecule has 2 aromatic rings. The van der Waals surface area contributed by atoms with Gasteiger partial charge in [-0.1, -0.05) is 23.7 Å². The summed E-state index contributed by atoms with van der Waals surface area (Å²) in [5.74, 6) is 0.739. The highest BCUT2D eigenvalue weighted by molar-refractivity contribution is 6.31. The van der Waals surface area contributed by atoms with Crippen LogP contribution in [0.2, 0.25) is 5.02 Å². The van der Waals surface area contributed by atoms with Gasteiger partial charge in [0, 0.05) is 37.3 Å². The first-order chi connectivity index (χ1) is 13.0. The molecule has 0 aromatic heterocycles. The number of halogens is 1. The summed E-state index contributed by atoms with van der Waals surface area (Å²) in [6.07, 6.45) is 0. The summed E-state index contributed by atoms with van der Waals surface area (Å²) in [5.41, 5.74) is 2.34. The highest BCUT2D eigenvalue weighted by atomic mass is 35.5. The van der Waals surface area contributed by atoms with Gasteiger partial charge in [-0.25, -0.2) is 0 Å². The molecule has 1 amide bonds. The van der Waals surface area contributed by atoms with Crippen molar-refractivity contribution in [1.29, 1.82) is 0 Å². The lowest BCUT2D eigenvalue weighted by Gasteiger charge is -2.35. The summed E-state index contributed by atoms with van der Waals surface area (Å²) in [6, 6.07) is 10.8. The lowest BCUT2D eigenvalue weighted by atomic mass is 10.2. The van der Waals surface area contributed by atoms with E-state index in [1.54, 1.807) is 19.2 Å². The molecule has 27 heavy (non-hydrogen) atoms. The predicted octanol–water partition coefficient (Wildman–Crippen LogP) is 3.12. The van der Waals surface area contributed by atoms with Gasteiger partial charge in [-0.2, -0.15) is 0 Å². The number of rotatable bonds is 5. The van der Waals surface area contributed by atoms with Crippen molar-refractivity contribution in [2.75, 3.05) is 50.1 Å². The van der Waals surface area contributed by atoms with Gasteiger partial charge in [-0.15, -0.1) is 0 Å². The molecule has 0 radical (unpaired) electrons. The summed E-state index contributed by atoms with van der Waals surface area (Å²) in [6.45, 7) is 5.20. The van der Waals surface area contributed by atoms with Gasteiger partial charge in [0.05, 0.1) is 25.0 Å². The number of methoxy groups -OCH3 is 1. The third kappa shape index (κ3) is 4.64. The quantitative estimate of drug-likeness (QED) is 0.822. The van der Waals surface area contributed by atoms with E-state index in [0.717, 1.165) is 37.4 Å². The Bertz CT molecular complexity index is 820. The van der Waals surface area contributed by atoms with Crippen LogP contribution in [-0.4, -0.2) is 55.7 Å². The van der Waals surface area contributed by atoms with E-state index in [0.29, 0.717) is 23.0 Å². The second-order valence-electron chi connectivity index (χ2n) is 6.60. The Morgan fingerprint density at radius 3 is 2.59 bits per heavy atom. The predicted molar refractivity (Wildman–Crippen MR) is 108 cm³/mol. The number of benzene rings is 2. The normalized spacial score (nSPS) is 14.9. The van der Waals surface area contributed by atoms with Crippen molar-refractivity contribution in [2.45, 2.75) is 6.92 Å². The summed E-state index contributed by atoms with van der Waals surface area (Å²) >= 11 is 6.11. The number of carbonyl (C=O) groups is 1. The minimum atomic E-state index is -0.0916. The van der Waals surface area contributed by atoms with Crippen LogP contribution in [0.3, 0.4) is 0 Å². The molecule has 2 aromatic carbocycles. The second-order valence-corrected chi connectivity index (χ2v) is 7.01. The van der Waals surface area contributed by atoms with Gasteiger partial charge in [0.2, 0.25) is 5.91 Å². The zero-order chi connectivity index (χ0) is 19.4. The molecule has 1 saturated heterocycles. The van der Waals surface area contributed by atoms with Crippen molar-refractivity contribution in [2.24, 2.45) is 0 Å². The molecule has 1 heterocycles. The molecule has 6 nitrogen and oxygen atoms in total. The molecule has 1 aliphatic heterocycles. The first-order valence-electron chi connectivity index (χ1n) is 8.87. The average molecular weight is 390 g/mol. The summed E-state index contributed by atoms with van der Waals surface area (Å²) < 4.78 is 5.30. The van der Waals surface area contributed by atoms with Gasteiger partial charge in [0.15, 0.2) is 0 Å². The highest BCUT2D eigenvalue weighted by Crippen LogP contribution is 2.31. The van der Waals surface area contributed by atoms with Gasteiger partial charge >= 0.3 is 0 Å². The molecule has 144 valence electrons. The van der Waals surface area contributed by atoms with E-state index in [2.05, 4.69) is 15.1 Å². The van der Waals surface area contributed by atoms with Crippen LogP contribution in [-0.2, 0) is 4.79 Å². The topological polar surface area (TPSA) is 65.0 Å². The lowest BCUT2D eigenvalue weighted by Crippen LogP contribution is -2.48. The van der Waals surface area contributed by atoms with Crippen LogP contribution in [0.4, 0.5) is 11.4 Å². The molecule has 0 spiro atoms. The number of para-hydroxylation sites is 2. The number of phenols is 1. The summed E-state index contributed by atoms with van der Waals surface area (Å²) in [4.78, 5) is 16.7. The molecule has 0 aliphatic carbocycles. The summed E-state index contributed by atoms with van der Waals surface area (Å²) in [7, 11) is 1.55. The highest BCUT2D eigenvalue weighted by Gasteiger charge is 2.21. The SMILES string of the molecule is COc1cc(Cl)c(C)cc1NC(=O)CN1CCN(c2ccccc2O)CC1. The number of anilines is 2. The number of hydrogen-bond donors (Lipinski definition) is 2. The smallest absolute Gasteiger partial charge is 0.238 e. The number of aryl methyl sites for hydroxylation is 1. The average Bonchev–Trinajstić information content (AvgIpc) is 2.65. The number of nitrogens with zero attached hydrogens (tertiary/aromatic N) is 2. The van der Waals surface area contributed by atoms with Crippen LogP contribution in [0.1, 0.15) is 5.56 Å². The van der Waals surface area contributed by atoms with Gasteiger partial charge in [-0.3, -0.25) is 9.69 Å². The molecule has 7 heteroatoms. The molecule has 3 rings (SSSR count). The Hall–Kier alpha value is -2.44. The van der Waals surface area contributed by atoms with Crippen molar-refractivity contribution in [1.82, 2.24) is 4.90 Å².